The molecule has 19 heavy (non-hydrogen) atoms. The molecule has 2 aromatic heterocycles. The summed E-state index contributed by atoms with van der Waals surface area (Å²) in [7, 11) is 0. The first-order chi connectivity index (χ1) is 9.28. The minimum atomic E-state index is 0.248. The van der Waals surface area contributed by atoms with Crippen molar-refractivity contribution in [3.63, 3.8) is 0 Å². The van der Waals surface area contributed by atoms with E-state index in [2.05, 4.69) is 31.8 Å². The Bertz CT molecular complexity index is 571. The zero-order valence-corrected chi connectivity index (χ0v) is 11.0. The van der Waals surface area contributed by atoms with Crippen LogP contribution in [-0.4, -0.2) is 37.6 Å². The number of nitrogens with two attached hydrogens (primary N) is 1. The highest BCUT2D eigenvalue weighted by atomic mass is 15.3. The standard InChI is InChI=1S/C12H17N7/c1-2-18-8-5-14-10(18)9-15-11(13)17-12(16-9)19-6-3-4-7-19/h5,8H,2-4,6-7H2,1H3,(H2,13,15,16,17). The Morgan fingerprint density at radius 2 is 2.00 bits per heavy atom. The molecular weight excluding hydrogens is 242 g/mol. The van der Waals surface area contributed by atoms with Crippen molar-refractivity contribution in [3.05, 3.63) is 12.4 Å². The van der Waals surface area contributed by atoms with Gasteiger partial charge in [-0.2, -0.15) is 15.0 Å². The zero-order valence-electron chi connectivity index (χ0n) is 11.0. The summed E-state index contributed by atoms with van der Waals surface area (Å²) in [5, 5.41) is 0. The average Bonchev–Trinajstić information content (AvgIpc) is 3.09. The molecule has 0 aliphatic carbocycles. The predicted octanol–water partition coefficient (Wildman–Crippen LogP) is 0.937. The van der Waals surface area contributed by atoms with Crippen LogP contribution in [-0.2, 0) is 6.54 Å². The number of rotatable bonds is 3. The number of imidazole rings is 1. The maximum atomic E-state index is 5.80. The van der Waals surface area contributed by atoms with E-state index in [9.17, 15) is 0 Å². The van der Waals surface area contributed by atoms with Gasteiger partial charge in [-0.25, -0.2) is 4.98 Å². The molecule has 0 atom stereocenters. The third kappa shape index (κ3) is 2.23. The van der Waals surface area contributed by atoms with E-state index in [0.717, 1.165) is 25.5 Å². The van der Waals surface area contributed by atoms with Gasteiger partial charge in [-0.05, 0) is 19.8 Å². The lowest BCUT2D eigenvalue weighted by molar-refractivity contribution is 0.761. The first kappa shape index (κ1) is 11.9. The van der Waals surface area contributed by atoms with Crippen LogP contribution in [0.4, 0.5) is 11.9 Å². The van der Waals surface area contributed by atoms with Gasteiger partial charge in [0.1, 0.15) is 0 Å². The summed E-state index contributed by atoms with van der Waals surface area (Å²) >= 11 is 0. The van der Waals surface area contributed by atoms with Gasteiger partial charge in [0.25, 0.3) is 0 Å². The van der Waals surface area contributed by atoms with E-state index in [4.69, 9.17) is 5.73 Å². The molecule has 3 heterocycles. The summed E-state index contributed by atoms with van der Waals surface area (Å²) in [6.45, 7) is 4.83. The van der Waals surface area contributed by atoms with Crippen LogP contribution in [0.5, 0.6) is 0 Å². The van der Waals surface area contributed by atoms with Crippen LogP contribution in [0.15, 0.2) is 12.4 Å². The molecule has 7 heteroatoms. The van der Waals surface area contributed by atoms with E-state index >= 15 is 0 Å². The summed E-state index contributed by atoms with van der Waals surface area (Å²) in [6, 6.07) is 0. The summed E-state index contributed by atoms with van der Waals surface area (Å²) in [6.07, 6.45) is 5.99. The van der Waals surface area contributed by atoms with Gasteiger partial charge in [0.05, 0.1) is 0 Å². The molecule has 2 aromatic rings. The second kappa shape index (κ2) is 4.83. The second-order valence-corrected chi connectivity index (χ2v) is 4.55. The van der Waals surface area contributed by atoms with Gasteiger partial charge in [0.2, 0.25) is 17.7 Å². The minimum absolute atomic E-state index is 0.248. The largest absolute Gasteiger partial charge is 0.368 e. The molecule has 0 radical (unpaired) electrons. The summed E-state index contributed by atoms with van der Waals surface area (Å²) < 4.78 is 1.99. The molecule has 0 aromatic carbocycles. The number of hydrogen-bond acceptors (Lipinski definition) is 6. The van der Waals surface area contributed by atoms with Gasteiger partial charge in [0, 0.05) is 32.0 Å². The summed E-state index contributed by atoms with van der Waals surface area (Å²) in [5.74, 6) is 2.18. The number of nitrogen functional groups attached to an aromatic ring is 1. The number of anilines is 2. The van der Waals surface area contributed by atoms with Crippen LogP contribution < -0.4 is 10.6 Å². The second-order valence-electron chi connectivity index (χ2n) is 4.55. The molecule has 2 N–H and O–H groups in total. The number of aryl methyl sites for hydroxylation is 1. The summed E-state index contributed by atoms with van der Waals surface area (Å²) in [5.41, 5.74) is 5.80. The van der Waals surface area contributed by atoms with Gasteiger partial charge in [-0.15, -0.1) is 0 Å². The van der Waals surface area contributed by atoms with Crippen LogP contribution in [0.3, 0.4) is 0 Å². The van der Waals surface area contributed by atoms with Gasteiger partial charge in [0.15, 0.2) is 5.82 Å². The molecule has 0 amide bonds. The van der Waals surface area contributed by atoms with E-state index in [0.29, 0.717) is 11.8 Å². The molecule has 1 saturated heterocycles. The van der Waals surface area contributed by atoms with Crippen LogP contribution in [0, 0.1) is 0 Å². The van der Waals surface area contributed by atoms with E-state index < -0.39 is 0 Å². The lowest BCUT2D eigenvalue weighted by atomic mass is 10.4. The molecule has 1 aliphatic heterocycles. The third-order valence-electron chi connectivity index (χ3n) is 3.29. The Morgan fingerprint density at radius 1 is 1.21 bits per heavy atom. The molecular formula is C12H17N7. The molecule has 3 rings (SSSR count). The van der Waals surface area contributed by atoms with Crippen LogP contribution in [0.1, 0.15) is 19.8 Å². The number of aromatic nitrogens is 5. The normalized spacial score (nSPS) is 15.1. The quantitative estimate of drug-likeness (QED) is 0.882. The van der Waals surface area contributed by atoms with Crippen molar-refractivity contribution in [2.45, 2.75) is 26.3 Å². The predicted molar refractivity (Wildman–Crippen MR) is 72.6 cm³/mol. The topological polar surface area (TPSA) is 85.8 Å². The first-order valence-corrected chi connectivity index (χ1v) is 6.56. The van der Waals surface area contributed by atoms with E-state index in [1.54, 1.807) is 6.20 Å². The van der Waals surface area contributed by atoms with Crippen LogP contribution in [0.2, 0.25) is 0 Å². The van der Waals surface area contributed by atoms with Crippen molar-refractivity contribution in [2.75, 3.05) is 23.7 Å². The van der Waals surface area contributed by atoms with Gasteiger partial charge < -0.3 is 15.2 Å². The lowest BCUT2D eigenvalue weighted by Crippen LogP contribution is -2.22. The zero-order chi connectivity index (χ0) is 13.2. The highest BCUT2D eigenvalue weighted by Gasteiger charge is 2.18. The van der Waals surface area contributed by atoms with Gasteiger partial charge >= 0.3 is 0 Å². The fraction of sp³-hybridized carbons (Fsp3) is 0.500. The fourth-order valence-corrected chi connectivity index (χ4v) is 2.31. The SMILES string of the molecule is CCn1ccnc1-c1nc(N)nc(N2CCCC2)n1. The fourth-order valence-electron chi connectivity index (χ4n) is 2.31. The van der Waals surface area contributed by atoms with Crippen molar-refractivity contribution in [1.29, 1.82) is 0 Å². The monoisotopic (exact) mass is 259 g/mol. The van der Waals surface area contributed by atoms with E-state index in [1.807, 2.05) is 10.8 Å². The van der Waals surface area contributed by atoms with Crippen molar-refractivity contribution >= 4 is 11.9 Å². The molecule has 0 bridgehead atoms. The molecule has 0 unspecified atom stereocenters. The molecule has 1 aliphatic rings. The Morgan fingerprint density at radius 3 is 2.74 bits per heavy atom. The van der Waals surface area contributed by atoms with Crippen LogP contribution >= 0.6 is 0 Å². The van der Waals surface area contributed by atoms with E-state index in [-0.39, 0.29) is 5.95 Å². The summed E-state index contributed by atoms with van der Waals surface area (Å²) in [4.78, 5) is 19.4. The number of hydrogen-bond donors (Lipinski definition) is 1. The Kier molecular flexibility index (Phi) is 3.02. The Hall–Kier alpha value is -2.18. The van der Waals surface area contributed by atoms with Gasteiger partial charge in [-0.1, -0.05) is 0 Å². The maximum Gasteiger partial charge on any atom is 0.230 e. The lowest BCUT2D eigenvalue weighted by Gasteiger charge is -2.15. The average molecular weight is 259 g/mol. The highest BCUT2D eigenvalue weighted by molar-refractivity contribution is 5.50. The van der Waals surface area contributed by atoms with Crippen molar-refractivity contribution in [2.24, 2.45) is 0 Å². The highest BCUT2D eigenvalue weighted by Crippen LogP contribution is 2.20. The van der Waals surface area contributed by atoms with Crippen molar-refractivity contribution in [1.82, 2.24) is 24.5 Å². The maximum absolute atomic E-state index is 5.80. The van der Waals surface area contributed by atoms with Crippen molar-refractivity contribution in [3.8, 4) is 11.6 Å². The van der Waals surface area contributed by atoms with Crippen molar-refractivity contribution < 1.29 is 0 Å². The molecule has 0 spiro atoms. The molecule has 0 saturated carbocycles. The molecule has 1 fully saturated rings. The molecule has 100 valence electrons. The Labute approximate surface area is 111 Å². The minimum Gasteiger partial charge on any atom is -0.368 e. The third-order valence-corrected chi connectivity index (χ3v) is 3.29. The Balaban J connectivity index is 2.02. The van der Waals surface area contributed by atoms with E-state index in [1.165, 1.54) is 12.8 Å². The molecule has 7 nitrogen and oxygen atoms in total. The first-order valence-electron chi connectivity index (χ1n) is 6.56. The van der Waals surface area contributed by atoms with Gasteiger partial charge in [-0.3, -0.25) is 0 Å². The van der Waals surface area contributed by atoms with Crippen LogP contribution in [0.25, 0.3) is 11.6 Å². The number of nitrogens with zero attached hydrogens (tertiary/aromatic N) is 6. The smallest absolute Gasteiger partial charge is 0.230 e.